The van der Waals surface area contributed by atoms with Crippen molar-refractivity contribution in [3.05, 3.63) is 5.89 Å². The molecule has 1 saturated heterocycles. The van der Waals surface area contributed by atoms with E-state index in [-0.39, 0.29) is 11.5 Å². The Morgan fingerprint density at radius 2 is 2.38 bits per heavy atom. The fourth-order valence-electron chi connectivity index (χ4n) is 1.82. The molecule has 2 rings (SSSR count). The Morgan fingerprint density at radius 3 is 3.00 bits per heavy atom. The van der Waals surface area contributed by atoms with Gasteiger partial charge in [0.2, 0.25) is 5.89 Å². The molecule has 1 aromatic rings. The third-order valence-corrected chi connectivity index (χ3v) is 2.94. The molecule has 2 unspecified atom stereocenters. The molecule has 0 spiro atoms. The number of methoxy groups -OCH3 is 1. The molecule has 90 valence electrons. The molecular formula is C10H16ClN3O2. The van der Waals surface area contributed by atoms with Crippen LogP contribution in [0.25, 0.3) is 0 Å². The average molecular weight is 246 g/mol. The Balaban J connectivity index is 2.05. The van der Waals surface area contributed by atoms with Gasteiger partial charge < -0.3 is 14.1 Å². The van der Waals surface area contributed by atoms with E-state index in [2.05, 4.69) is 10.2 Å². The van der Waals surface area contributed by atoms with Gasteiger partial charge in [-0.15, -0.1) is 16.7 Å². The topological polar surface area (TPSA) is 51.4 Å². The van der Waals surface area contributed by atoms with E-state index in [9.17, 15) is 0 Å². The first-order chi connectivity index (χ1) is 7.70. The number of hydrogen-bond donors (Lipinski definition) is 0. The van der Waals surface area contributed by atoms with Crippen molar-refractivity contribution in [2.24, 2.45) is 0 Å². The van der Waals surface area contributed by atoms with Crippen LogP contribution in [-0.2, 0) is 4.74 Å². The second-order valence-electron chi connectivity index (χ2n) is 3.98. The molecule has 16 heavy (non-hydrogen) atoms. The SMILES string of the molecule is COC1CCCN(c2nnc(C(C)Cl)o2)C1. The summed E-state index contributed by atoms with van der Waals surface area (Å²) in [5.74, 6) is 0.469. The highest BCUT2D eigenvalue weighted by molar-refractivity contribution is 6.20. The Hall–Kier alpha value is -0.810. The number of alkyl halides is 1. The predicted molar refractivity (Wildman–Crippen MR) is 60.8 cm³/mol. The van der Waals surface area contributed by atoms with E-state index in [0.29, 0.717) is 11.9 Å². The predicted octanol–water partition coefficient (Wildman–Crippen LogP) is 1.98. The monoisotopic (exact) mass is 245 g/mol. The van der Waals surface area contributed by atoms with E-state index in [0.717, 1.165) is 25.9 Å². The van der Waals surface area contributed by atoms with Gasteiger partial charge in [-0.3, -0.25) is 0 Å². The molecule has 2 heterocycles. The molecule has 0 radical (unpaired) electrons. The number of piperidine rings is 1. The van der Waals surface area contributed by atoms with E-state index in [4.69, 9.17) is 20.8 Å². The molecule has 0 amide bonds. The maximum Gasteiger partial charge on any atom is 0.318 e. The largest absolute Gasteiger partial charge is 0.406 e. The van der Waals surface area contributed by atoms with Gasteiger partial charge in [0.1, 0.15) is 5.38 Å². The van der Waals surface area contributed by atoms with E-state index in [1.807, 2.05) is 11.8 Å². The molecule has 0 saturated carbocycles. The lowest BCUT2D eigenvalue weighted by Gasteiger charge is -2.30. The summed E-state index contributed by atoms with van der Waals surface area (Å²) in [7, 11) is 1.73. The normalized spacial score (nSPS) is 23.4. The minimum absolute atomic E-state index is 0.246. The van der Waals surface area contributed by atoms with Gasteiger partial charge in [-0.25, -0.2) is 0 Å². The van der Waals surface area contributed by atoms with E-state index >= 15 is 0 Å². The molecular weight excluding hydrogens is 230 g/mol. The molecule has 0 aromatic carbocycles. The van der Waals surface area contributed by atoms with Gasteiger partial charge >= 0.3 is 6.01 Å². The highest BCUT2D eigenvalue weighted by Gasteiger charge is 2.24. The van der Waals surface area contributed by atoms with Gasteiger partial charge in [0.25, 0.3) is 0 Å². The standard InChI is InChI=1S/C10H16ClN3O2/c1-7(11)9-12-13-10(16-9)14-5-3-4-8(6-14)15-2/h7-8H,3-6H2,1-2H3. The lowest BCUT2D eigenvalue weighted by atomic mass is 10.1. The van der Waals surface area contributed by atoms with Crippen LogP contribution in [0, 0.1) is 0 Å². The van der Waals surface area contributed by atoms with E-state index in [1.165, 1.54) is 0 Å². The Kier molecular flexibility index (Phi) is 3.66. The first-order valence-electron chi connectivity index (χ1n) is 5.46. The molecule has 1 fully saturated rings. The summed E-state index contributed by atoms with van der Waals surface area (Å²) in [6, 6.07) is 0.546. The third kappa shape index (κ3) is 2.47. The summed E-state index contributed by atoms with van der Waals surface area (Å²) in [4.78, 5) is 2.05. The smallest absolute Gasteiger partial charge is 0.318 e. The molecule has 2 atom stereocenters. The Labute approximate surface area is 99.7 Å². The van der Waals surface area contributed by atoms with Crippen molar-refractivity contribution in [3.8, 4) is 0 Å². The Bertz CT molecular complexity index is 343. The van der Waals surface area contributed by atoms with Crippen LogP contribution in [0.3, 0.4) is 0 Å². The molecule has 1 aliphatic heterocycles. The molecule has 6 heteroatoms. The molecule has 0 N–H and O–H groups in total. The number of rotatable bonds is 3. The van der Waals surface area contributed by atoms with Gasteiger partial charge in [-0.2, -0.15) is 0 Å². The lowest BCUT2D eigenvalue weighted by molar-refractivity contribution is 0.0879. The fourth-order valence-corrected chi connectivity index (χ4v) is 1.91. The van der Waals surface area contributed by atoms with Gasteiger partial charge in [0.05, 0.1) is 6.10 Å². The summed E-state index contributed by atoms with van der Waals surface area (Å²) in [5.41, 5.74) is 0. The maximum absolute atomic E-state index is 5.87. The van der Waals surface area contributed by atoms with Crippen molar-refractivity contribution in [2.45, 2.75) is 31.2 Å². The Morgan fingerprint density at radius 1 is 1.56 bits per heavy atom. The molecule has 1 aliphatic rings. The number of aromatic nitrogens is 2. The summed E-state index contributed by atoms with van der Waals surface area (Å²) in [6.07, 6.45) is 2.41. The van der Waals surface area contributed by atoms with Crippen molar-refractivity contribution in [2.75, 3.05) is 25.1 Å². The van der Waals surface area contributed by atoms with Crippen LogP contribution in [0.1, 0.15) is 31.0 Å². The van der Waals surface area contributed by atoms with Gasteiger partial charge in [-0.05, 0) is 19.8 Å². The first kappa shape index (κ1) is 11.7. The van der Waals surface area contributed by atoms with Crippen molar-refractivity contribution < 1.29 is 9.15 Å². The maximum atomic E-state index is 5.87. The van der Waals surface area contributed by atoms with Crippen LogP contribution < -0.4 is 4.90 Å². The second kappa shape index (κ2) is 5.01. The summed E-state index contributed by atoms with van der Waals surface area (Å²) < 4.78 is 10.8. The van der Waals surface area contributed by atoms with Crippen molar-refractivity contribution >= 4 is 17.6 Å². The van der Waals surface area contributed by atoms with Crippen LogP contribution in [0.5, 0.6) is 0 Å². The van der Waals surface area contributed by atoms with E-state index in [1.54, 1.807) is 7.11 Å². The number of halogens is 1. The van der Waals surface area contributed by atoms with Gasteiger partial charge in [0.15, 0.2) is 0 Å². The van der Waals surface area contributed by atoms with Gasteiger partial charge in [-0.1, -0.05) is 5.10 Å². The van der Waals surface area contributed by atoms with Crippen LogP contribution in [0.2, 0.25) is 0 Å². The number of ether oxygens (including phenoxy) is 1. The second-order valence-corrected chi connectivity index (χ2v) is 4.64. The highest BCUT2D eigenvalue weighted by Crippen LogP contribution is 2.24. The molecule has 0 bridgehead atoms. The zero-order valence-electron chi connectivity index (χ0n) is 9.52. The average Bonchev–Trinajstić information content (AvgIpc) is 2.78. The van der Waals surface area contributed by atoms with Crippen LogP contribution in [0.15, 0.2) is 4.42 Å². The number of anilines is 1. The van der Waals surface area contributed by atoms with Crippen LogP contribution in [0.4, 0.5) is 6.01 Å². The summed E-state index contributed by atoms with van der Waals surface area (Å²) >= 11 is 5.87. The molecule has 1 aromatic heterocycles. The molecule has 0 aliphatic carbocycles. The zero-order chi connectivity index (χ0) is 11.5. The summed E-state index contributed by atoms with van der Waals surface area (Å²) in [5, 5.41) is 7.66. The number of nitrogens with zero attached hydrogens (tertiary/aromatic N) is 3. The summed E-state index contributed by atoms with van der Waals surface area (Å²) in [6.45, 7) is 3.54. The van der Waals surface area contributed by atoms with Gasteiger partial charge in [0, 0.05) is 20.2 Å². The van der Waals surface area contributed by atoms with Crippen molar-refractivity contribution in [3.63, 3.8) is 0 Å². The quantitative estimate of drug-likeness (QED) is 0.763. The fraction of sp³-hybridized carbons (Fsp3) is 0.800. The van der Waals surface area contributed by atoms with Crippen LogP contribution in [-0.4, -0.2) is 36.5 Å². The number of hydrogen-bond acceptors (Lipinski definition) is 5. The van der Waals surface area contributed by atoms with E-state index < -0.39 is 0 Å². The minimum Gasteiger partial charge on any atom is -0.406 e. The first-order valence-corrected chi connectivity index (χ1v) is 5.89. The highest BCUT2D eigenvalue weighted by atomic mass is 35.5. The van der Waals surface area contributed by atoms with Crippen LogP contribution >= 0.6 is 11.6 Å². The third-order valence-electron chi connectivity index (χ3n) is 2.75. The van der Waals surface area contributed by atoms with Crippen molar-refractivity contribution in [1.82, 2.24) is 10.2 Å². The van der Waals surface area contributed by atoms with Crippen molar-refractivity contribution in [1.29, 1.82) is 0 Å². The zero-order valence-corrected chi connectivity index (χ0v) is 10.3. The molecule has 5 nitrogen and oxygen atoms in total. The lowest BCUT2D eigenvalue weighted by Crippen LogP contribution is -2.39. The minimum atomic E-state index is -0.246.